The smallest absolute Gasteiger partial charge is 0.368 e. The standard InChI is InChI=1S/C13H25F3O/c1-9(11(2,3)4)10(12(5,6)7)17-8-13(14,15)16/h9-10H,8H2,1-7H3. The van der Waals surface area contributed by atoms with Crippen molar-refractivity contribution in [2.45, 2.75) is 60.7 Å². The average Bonchev–Trinajstić information content (AvgIpc) is 1.97. The Balaban J connectivity index is 4.80. The molecular weight excluding hydrogens is 229 g/mol. The molecule has 0 heterocycles. The fourth-order valence-electron chi connectivity index (χ4n) is 1.78. The third-order valence-electron chi connectivity index (χ3n) is 3.10. The molecule has 0 aliphatic carbocycles. The third kappa shape index (κ3) is 6.29. The van der Waals surface area contributed by atoms with E-state index in [2.05, 4.69) is 0 Å². The number of rotatable bonds is 3. The van der Waals surface area contributed by atoms with Gasteiger partial charge in [-0.3, -0.25) is 0 Å². The molecule has 1 nitrogen and oxygen atoms in total. The highest BCUT2D eigenvalue weighted by Gasteiger charge is 2.39. The van der Waals surface area contributed by atoms with E-state index in [-0.39, 0.29) is 16.7 Å². The first-order valence-electron chi connectivity index (χ1n) is 5.93. The zero-order valence-corrected chi connectivity index (χ0v) is 11.9. The van der Waals surface area contributed by atoms with E-state index in [0.717, 1.165) is 0 Å². The second-order valence-corrected chi connectivity index (χ2v) is 6.87. The zero-order valence-electron chi connectivity index (χ0n) is 11.9. The SMILES string of the molecule is CC(C(OCC(F)(F)F)C(C)(C)C)C(C)(C)C. The van der Waals surface area contributed by atoms with Crippen molar-refractivity contribution in [3.63, 3.8) is 0 Å². The molecule has 0 saturated heterocycles. The van der Waals surface area contributed by atoms with Crippen LogP contribution in [0.1, 0.15) is 48.5 Å². The van der Waals surface area contributed by atoms with E-state index in [1.165, 1.54) is 0 Å². The second kappa shape index (κ2) is 5.17. The van der Waals surface area contributed by atoms with Gasteiger partial charge in [0.25, 0.3) is 0 Å². The van der Waals surface area contributed by atoms with Crippen molar-refractivity contribution >= 4 is 0 Å². The first kappa shape index (κ1) is 16.8. The van der Waals surface area contributed by atoms with Crippen molar-refractivity contribution in [1.82, 2.24) is 0 Å². The van der Waals surface area contributed by atoms with Gasteiger partial charge in [0.15, 0.2) is 0 Å². The Morgan fingerprint density at radius 3 is 1.53 bits per heavy atom. The summed E-state index contributed by atoms with van der Waals surface area (Å²) in [5.74, 6) is 0.0462. The lowest BCUT2D eigenvalue weighted by Gasteiger charge is -2.41. The van der Waals surface area contributed by atoms with E-state index in [1.807, 2.05) is 48.5 Å². The van der Waals surface area contributed by atoms with Gasteiger partial charge in [0.2, 0.25) is 0 Å². The van der Waals surface area contributed by atoms with Crippen LogP contribution in [0, 0.1) is 16.7 Å². The van der Waals surface area contributed by atoms with Gasteiger partial charge >= 0.3 is 6.18 Å². The van der Waals surface area contributed by atoms with E-state index >= 15 is 0 Å². The summed E-state index contributed by atoms with van der Waals surface area (Å²) in [6.07, 6.45) is -4.68. The summed E-state index contributed by atoms with van der Waals surface area (Å²) in [4.78, 5) is 0. The van der Waals surface area contributed by atoms with Gasteiger partial charge < -0.3 is 4.74 Å². The first-order valence-corrected chi connectivity index (χ1v) is 5.93. The van der Waals surface area contributed by atoms with Crippen LogP contribution in [0.2, 0.25) is 0 Å². The van der Waals surface area contributed by atoms with Gasteiger partial charge in [-0.1, -0.05) is 48.5 Å². The predicted octanol–water partition coefficient (Wildman–Crippen LogP) is 4.66. The zero-order chi connectivity index (χ0) is 14.1. The van der Waals surface area contributed by atoms with Crippen LogP contribution >= 0.6 is 0 Å². The molecule has 0 N–H and O–H groups in total. The summed E-state index contributed by atoms with van der Waals surface area (Å²) in [6.45, 7) is 12.6. The Kier molecular flexibility index (Phi) is 5.09. The molecule has 0 aliphatic heterocycles. The Hall–Kier alpha value is -0.250. The van der Waals surface area contributed by atoms with Crippen LogP contribution in [0.5, 0.6) is 0 Å². The predicted molar refractivity (Wildman–Crippen MR) is 63.9 cm³/mol. The average molecular weight is 254 g/mol. The molecule has 0 rings (SSSR count). The van der Waals surface area contributed by atoms with Gasteiger partial charge in [-0.25, -0.2) is 0 Å². The molecule has 0 radical (unpaired) electrons. The summed E-state index contributed by atoms with van der Waals surface area (Å²) in [7, 11) is 0. The van der Waals surface area contributed by atoms with Gasteiger partial charge in [0, 0.05) is 0 Å². The highest BCUT2D eigenvalue weighted by Crippen LogP contribution is 2.38. The van der Waals surface area contributed by atoms with Crippen LogP contribution < -0.4 is 0 Å². The van der Waals surface area contributed by atoms with Crippen LogP contribution in [0.4, 0.5) is 13.2 Å². The molecule has 0 aromatic rings. The van der Waals surface area contributed by atoms with Crippen molar-refractivity contribution in [1.29, 1.82) is 0 Å². The van der Waals surface area contributed by atoms with Crippen molar-refractivity contribution in [2.24, 2.45) is 16.7 Å². The molecule has 0 aromatic heterocycles. The van der Waals surface area contributed by atoms with Gasteiger partial charge in [0.1, 0.15) is 6.61 Å². The summed E-state index contributed by atoms with van der Waals surface area (Å²) in [6, 6.07) is 0. The van der Waals surface area contributed by atoms with Gasteiger partial charge in [-0.2, -0.15) is 13.2 Å². The molecule has 0 fully saturated rings. The molecule has 0 bridgehead atoms. The Bertz CT molecular complexity index is 233. The summed E-state index contributed by atoms with van der Waals surface area (Å²) in [5, 5.41) is 0. The van der Waals surface area contributed by atoms with Crippen LogP contribution in [0.15, 0.2) is 0 Å². The molecule has 0 aliphatic rings. The second-order valence-electron chi connectivity index (χ2n) is 6.87. The molecule has 0 saturated carbocycles. The van der Waals surface area contributed by atoms with E-state index in [9.17, 15) is 13.2 Å². The lowest BCUT2D eigenvalue weighted by atomic mass is 9.71. The minimum atomic E-state index is -4.26. The van der Waals surface area contributed by atoms with Crippen molar-refractivity contribution < 1.29 is 17.9 Å². The maximum Gasteiger partial charge on any atom is 0.411 e. The lowest BCUT2D eigenvalue weighted by Crippen LogP contribution is -2.42. The van der Waals surface area contributed by atoms with Crippen molar-refractivity contribution in [3.8, 4) is 0 Å². The van der Waals surface area contributed by atoms with Gasteiger partial charge in [0.05, 0.1) is 6.10 Å². The van der Waals surface area contributed by atoms with Crippen LogP contribution in [0.25, 0.3) is 0 Å². The maximum atomic E-state index is 12.2. The Labute approximate surface area is 103 Å². The maximum absolute atomic E-state index is 12.2. The minimum absolute atomic E-state index is 0.0462. The summed E-state index contributed by atoms with van der Waals surface area (Å²) in [5.41, 5.74) is -0.387. The molecule has 104 valence electrons. The molecule has 17 heavy (non-hydrogen) atoms. The third-order valence-corrected chi connectivity index (χ3v) is 3.10. The molecule has 0 spiro atoms. The number of hydrogen-bond donors (Lipinski definition) is 0. The van der Waals surface area contributed by atoms with Gasteiger partial charge in [-0.15, -0.1) is 0 Å². The van der Waals surface area contributed by atoms with Crippen LogP contribution in [0.3, 0.4) is 0 Å². The van der Waals surface area contributed by atoms with Gasteiger partial charge in [-0.05, 0) is 16.7 Å². The molecule has 2 atom stereocenters. The molecule has 0 aromatic carbocycles. The topological polar surface area (TPSA) is 9.23 Å². The fraction of sp³-hybridized carbons (Fsp3) is 1.00. The minimum Gasteiger partial charge on any atom is -0.368 e. The van der Waals surface area contributed by atoms with E-state index in [4.69, 9.17) is 4.74 Å². The highest BCUT2D eigenvalue weighted by atomic mass is 19.4. The summed E-state index contributed by atoms with van der Waals surface area (Å²) < 4.78 is 41.9. The monoisotopic (exact) mass is 254 g/mol. The highest BCUT2D eigenvalue weighted by molar-refractivity contribution is 4.86. The quantitative estimate of drug-likeness (QED) is 0.711. The number of alkyl halides is 3. The number of halogens is 3. The van der Waals surface area contributed by atoms with E-state index < -0.39 is 18.9 Å². The lowest BCUT2D eigenvalue weighted by molar-refractivity contribution is -0.206. The molecule has 2 unspecified atom stereocenters. The largest absolute Gasteiger partial charge is 0.411 e. The molecular formula is C13H25F3O. The Morgan fingerprint density at radius 1 is 0.882 bits per heavy atom. The van der Waals surface area contributed by atoms with Crippen molar-refractivity contribution in [3.05, 3.63) is 0 Å². The molecule has 4 heteroatoms. The first-order chi connectivity index (χ1) is 7.25. The van der Waals surface area contributed by atoms with E-state index in [0.29, 0.717) is 0 Å². The number of hydrogen-bond acceptors (Lipinski definition) is 1. The fourth-order valence-corrected chi connectivity index (χ4v) is 1.78. The summed E-state index contributed by atoms with van der Waals surface area (Å²) >= 11 is 0. The normalized spacial score (nSPS) is 18.0. The Morgan fingerprint density at radius 2 is 1.29 bits per heavy atom. The van der Waals surface area contributed by atoms with E-state index in [1.54, 1.807) is 0 Å². The van der Waals surface area contributed by atoms with Crippen LogP contribution in [-0.4, -0.2) is 18.9 Å². The number of ether oxygens (including phenoxy) is 1. The molecule has 0 amide bonds. The van der Waals surface area contributed by atoms with Crippen LogP contribution in [-0.2, 0) is 4.74 Å². The van der Waals surface area contributed by atoms with Crippen molar-refractivity contribution in [2.75, 3.05) is 6.61 Å².